The maximum atomic E-state index is 3.55. The van der Waals surface area contributed by atoms with Crippen LogP contribution < -0.4 is 5.32 Å². The zero-order valence-corrected chi connectivity index (χ0v) is 13.1. The second kappa shape index (κ2) is 8.13. The molecular weight excluding hydrogens is 222 g/mol. The van der Waals surface area contributed by atoms with E-state index < -0.39 is 0 Å². The van der Waals surface area contributed by atoms with E-state index in [9.17, 15) is 0 Å². The lowest BCUT2D eigenvalue weighted by Gasteiger charge is -2.42. The number of nitrogens with one attached hydrogen (secondary N) is 1. The molecular formula is C15H33N3. The van der Waals surface area contributed by atoms with Gasteiger partial charge in [0.2, 0.25) is 0 Å². The van der Waals surface area contributed by atoms with Crippen LogP contribution in [0, 0.1) is 5.92 Å². The summed E-state index contributed by atoms with van der Waals surface area (Å²) in [5.41, 5.74) is 0. The summed E-state index contributed by atoms with van der Waals surface area (Å²) in [6.45, 7) is 8.32. The molecule has 0 aromatic carbocycles. The minimum Gasteiger partial charge on any atom is -0.315 e. The fourth-order valence-electron chi connectivity index (χ4n) is 3.15. The molecule has 1 saturated carbocycles. The number of nitrogens with zero attached hydrogens (tertiary/aromatic N) is 2. The van der Waals surface area contributed by atoms with Gasteiger partial charge in [0, 0.05) is 25.2 Å². The van der Waals surface area contributed by atoms with Crippen LogP contribution in [0.2, 0.25) is 0 Å². The highest BCUT2D eigenvalue weighted by Crippen LogP contribution is 2.27. The van der Waals surface area contributed by atoms with E-state index in [1.165, 1.54) is 45.3 Å². The molecule has 0 heterocycles. The molecule has 3 nitrogen and oxygen atoms in total. The van der Waals surface area contributed by atoms with Crippen molar-refractivity contribution in [1.82, 2.24) is 15.1 Å². The van der Waals surface area contributed by atoms with E-state index in [-0.39, 0.29) is 0 Å². The summed E-state index contributed by atoms with van der Waals surface area (Å²) in [6.07, 6.45) is 5.34. The number of hydrogen-bond acceptors (Lipinski definition) is 3. The molecule has 3 heteroatoms. The average molecular weight is 255 g/mol. The van der Waals surface area contributed by atoms with Gasteiger partial charge >= 0.3 is 0 Å². The van der Waals surface area contributed by atoms with Gasteiger partial charge in [-0.2, -0.15) is 0 Å². The second-order valence-electron chi connectivity index (χ2n) is 6.22. The molecule has 0 aliphatic heterocycles. The first-order chi connectivity index (χ1) is 8.58. The zero-order valence-electron chi connectivity index (χ0n) is 13.1. The molecule has 1 aliphatic carbocycles. The Hall–Kier alpha value is -0.120. The Bertz CT molecular complexity index is 218. The summed E-state index contributed by atoms with van der Waals surface area (Å²) >= 11 is 0. The van der Waals surface area contributed by atoms with E-state index >= 15 is 0 Å². The molecule has 108 valence electrons. The van der Waals surface area contributed by atoms with Gasteiger partial charge in [-0.15, -0.1) is 0 Å². The molecule has 0 radical (unpaired) electrons. The molecule has 3 unspecified atom stereocenters. The van der Waals surface area contributed by atoms with Crippen molar-refractivity contribution < 1.29 is 0 Å². The van der Waals surface area contributed by atoms with Crippen LogP contribution in [-0.4, -0.2) is 62.7 Å². The van der Waals surface area contributed by atoms with Crippen LogP contribution >= 0.6 is 0 Å². The van der Waals surface area contributed by atoms with Gasteiger partial charge in [0.1, 0.15) is 0 Å². The summed E-state index contributed by atoms with van der Waals surface area (Å²) in [5, 5.41) is 3.55. The predicted molar refractivity (Wildman–Crippen MR) is 80.1 cm³/mol. The third-order valence-electron chi connectivity index (χ3n) is 4.26. The third-order valence-corrected chi connectivity index (χ3v) is 4.26. The Labute approximate surface area is 114 Å². The summed E-state index contributed by atoms with van der Waals surface area (Å²) in [7, 11) is 6.47. The van der Waals surface area contributed by atoms with Crippen molar-refractivity contribution in [3.05, 3.63) is 0 Å². The summed E-state index contributed by atoms with van der Waals surface area (Å²) in [6, 6.07) is 1.42. The van der Waals surface area contributed by atoms with Crippen LogP contribution in [0.25, 0.3) is 0 Å². The maximum absolute atomic E-state index is 3.55. The normalized spacial score (nSPS) is 29.2. The largest absolute Gasteiger partial charge is 0.315 e. The van der Waals surface area contributed by atoms with Crippen molar-refractivity contribution in [2.75, 3.05) is 40.8 Å². The van der Waals surface area contributed by atoms with Crippen LogP contribution in [0.5, 0.6) is 0 Å². The molecule has 3 atom stereocenters. The molecule has 0 aromatic heterocycles. The highest BCUT2D eigenvalue weighted by Gasteiger charge is 2.31. The monoisotopic (exact) mass is 255 g/mol. The topological polar surface area (TPSA) is 18.5 Å². The smallest absolute Gasteiger partial charge is 0.0252 e. The van der Waals surface area contributed by atoms with E-state index in [4.69, 9.17) is 0 Å². The van der Waals surface area contributed by atoms with E-state index in [0.29, 0.717) is 6.04 Å². The lowest BCUT2D eigenvalue weighted by molar-refractivity contribution is 0.0969. The lowest BCUT2D eigenvalue weighted by Crippen LogP contribution is -2.53. The predicted octanol–water partition coefficient (Wildman–Crippen LogP) is 2.04. The second-order valence-corrected chi connectivity index (χ2v) is 6.22. The molecule has 1 rings (SSSR count). The Morgan fingerprint density at radius 1 is 1.11 bits per heavy atom. The van der Waals surface area contributed by atoms with Gasteiger partial charge in [-0.1, -0.05) is 13.8 Å². The molecule has 1 fully saturated rings. The summed E-state index contributed by atoms with van der Waals surface area (Å²) in [4.78, 5) is 5.01. The number of likely N-dealkylation sites (N-methyl/N-ethyl adjacent to an activating group) is 2. The van der Waals surface area contributed by atoms with E-state index in [2.05, 4.69) is 50.1 Å². The highest BCUT2D eigenvalue weighted by atomic mass is 15.2. The van der Waals surface area contributed by atoms with Crippen molar-refractivity contribution in [3.8, 4) is 0 Å². The fraction of sp³-hybridized carbons (Fsp3) is 1.00. The van der Waals surface area contributed by atoms with Gasteiger partial charge < -0.3 is 10.2 Å². The van der Waals surface area contributed by atoms with Gasteiger partial charge in [-0.25, -0.2) is 0 Å². The summed E-state index contributed by atoms with van der Waals surface area (Å²) < 4.78 is 0. The molecule has 0 spiro atoms. The van der Waals surface area contributed by atoms with Crippen molar-refractivity contribution in [2.45, 2.75) is 51.6 Å². The van der Waals surface area contributed by atoms with Crippen LogP contribution in [0.1, 0.15) is 39.5 Å². The van der Waals surface area contributed by atoms with Gasteiger partial charge in [0.15, 0.2) is 0 Å². The third kappa shape index (κ3) is 4.87. The fourth-order valence-corrected chi connectivity index (χ4v) is 3.15. The molecule has 0 bridgehead atoms. The standard InChI is InChI=1S/C15H33N3/c1-6-9-18(11-10-17(4)5)15-12-13(2)7-8-14(15)16-3/h13-16H,6-12H2,1-5H3. The average Bonchev–Trinajstić information content (AvgIpc) is 2.34. The van der Waals surface area contributed by atoms with Gasteiger partial charge in [0.25, 0.3) is 0 Å². The van der Waals surface area contributed by atoms with Crippen molar-refractivity contribution in [2.24, 2.45) is 5.92 Å². The summed E-state index contributed by atoms with van der Waals surface area (Å²) in [5.74, 6) is 0.887. The molecule has 18 heavy (non-hydrogen) atoms. The molecule has 1 N–H and O–H groups in total. The van der Waals surface area contributed by atoms with Crippen LogP contribution in [0.4, 0.5) is 0 Å². The minimum atomic E-state index is 0.690. The Morgan fingerprint density at radius 2 is 1.83 bits per heavy atom. The van der Waals surface area contributed by atoms with E-state index in [1.54, 1.807) is 0 Å². The number of rotatable bonds is 7. The quantitative estimate of drug-likeness (QED) is 0.751. The Morgan fingerprint density at radius 3 is 2.39 bits per heavy atom. The van der Waals surface area contributed by atoms with Gasteiger partial charge in [-0.05, 0) is 59.3 Å². The maximum Gasteiger partial charge on any atom is 0.0252 e. The first kappa shape index (κ1) is 15.9. The highest BCUT2D eigenvalue weighted by molar-refractivity contribution is 4.89. The van der Waals surface area contributed by atoms with Crippen molar-refractivity contribution in [1.29, 1.82) is 0 Å². The molecule has 0 amide bonds. The van der Waals surface area contributed by atoms with Crippen LogP contribution in [0.3, 0.4) is 0 Å². The van der Waals surface area contributed by atoms with Gasteiger partial charge in [0.05, 0.1) is 0 Å². The molecule has 1 aliphatic rings. The lowest BCUT2D eigenvalue weighted by atomic mass is 9.82. The minimum absolute atomic E-state index is 0.690. The van der Waals surface area contributed by atoms with Crippen molar-refractivity contribution >= 4 is 0 Å². The first-order valence-electron chi connectivity index (χ1n) is 7.64. The zero-order chi connectivity index (χ0) is 13.5. The van der Waals surface area contributed by atoms with E-state index in [0.717, 1.165) is 12.0 Å². The Balaban J connectivity index is 2.61. The van der Waals surface area contributed by atoms with E-state index in [1.807, 2.05) is 0 Å². The van der Waals surface area contributed by atoms with Gasteiger partial charge in [-0.3, -0.25) is 4.90 Å². The van der Waals surface area contributed by atoms with Crippen molar-refractivity contribution in [3.63, 3.8) is 0 Å². The SMILES string of the molecule is CCCN(CCN(C)C)C1CC(C)CCC1NC. The molecule has 0 saturated heterocycles. The first-order valence-corrected chi connectivity index (χ1v) is 7.64. The number of hydrogen-bond donors (Lipinski definition) is 1. The molecule has 0 aromatic rings. The Kier molecular flexibility index (Phi) is 7.20. The van der Waals surface area contributed by atoms with Crippen LogP contribution in [0.15, 0.2) is 0 Å². The van der Waals surface area contributed by atoms with Crippen LogP contribution in [-0.2, 0) is 0 Å².